The smallest absolute Gasteiger partial charge is 0.346 e. The number of ether oxygens (including phenoxy) is 2. The summed E-state index contributed by atoms with van der Waals surface area (Å²) in [6.07, 6.45) is 0. The Morgan fingerprint density at radius 2 is 1.73 bits per heavy atom. The van der Waals surface area contributed by atoms with Crippen LogP contribution in [0.5, 0.6) is 17.5 Å². The van der Waals surface area contributed by atoms with E-state index in [-0.39, 0.29) is 6.01 Å². The molecule has 30 heavy (non-hydrogen) atoms. The summed E-state index contributed by atoms with van der Waals surface area (Å²) in [5, 5.41) is 15.8. The van der Waals surface area contributed by atoms with Crippen molar-refractivity contribution in [3.8, 4) is 23.2 Å². The van der Waals surface area contributed by atoms with Crippen LogP contribution in [0, 0.1) is 0 Å². The Balaban J connectivity index is 1.46. The first-order chi connectivity index (χ1) is 14.7. The highest BCUT2D eigenvalue weighted by Gasteiger charge is 2.14. The van der Waals surface area contributed by atoms with Crippen molar-refractivity contribution < 1.29 is 9.47 Å². The maximum atomic E-state index is 6.20. The Morgan fingerprint density at radius 1 is 0.933 bits per heavy atom. The van der Waals surface area contributed by atoms with E-state index in [4.69, 9.17) is 21.1 Å². The summed E-state index contributed by atoms with van der Waals surface area (Å²) in [4.78, 5) is 0. The number of rotatable bonds is 8. The van der Waals surface area contributed by atoms with Gasteiger partial charge in [0.05, 0.1) is 12.8 Å². The predicted molar refractivity (Wildman–Crippen MR) is 114 cm³/mol. The van der Waals surface area contributed by atoms with Crippen molar-refractivity contribution in [2.24, 2.45) is 0 Å². The van der Waals surface area contributed by atoms with Crippen molar-refractivity contribution in [2.75, 3.05) is 7.11 Å². The second kappa shape index (κ2) is 9.39. The monoisotopic (exact) mass is 421 g/mol. The van der Waals surface area contributed by atoms with E-state index in [1.165, 1.54) is 4.68 Å². The van der Waals surface area contributed by atoms with E-state index in [0.29, 0.717) is 24.6 Å². The van der Waals surface area contributed by atoms with E-state index in [1.807, 2.05) is 72.8 Å². The maximum absolute atomic E-state index is 6.20. The molecule has 8 heteroatoms. The van der Waals surface area contributed by atoms with E-state index in [0.717, 1.165) is 21.8 Å². The third-order valence-electron chi connectivity index (χ3n) is 4.47. The summed E-state index contributed by atoms with van der Waals surface area (Å²) >= 11 is 6.20. The standard InChI is InChI=1S/C22H20ClN5O2/c1-29-21-13-16(14-24-15-17-7-5-6-10-19(17)23)11-12-20(21)30-22-25-26-27-28(22)18-8-3-2-4-9-18/h2-13,24H,14-15H2,1H3. The average Bonchev–Trinajstić information content (AvgIpc) is 3.25. The zero-order chi connectivity index (χ0) is 20.8. The zero-order valence-electron chi connectivity index (χ0n) is 16.3. The molecule has 4 aromatic rings. The molecule has 0 radical (unpaired) electrons. The fraction of sp³-hybridized carbons (Fsp3) is 0.136. The fourth-order valence-corrected chi connectivity index (χ4v) is 3.16. The molecule has 1 heterocycles. The van der Waals surface area contributed by atoms with Crippen LogP contribution in [0.2, 0.25) is 5.02 Å². The third kappa shape index (κ3) is 4.59. The Kier molecular flexibility index (Phi) is 6.22. The number of tetrazole rings is 1. The first-order valence-corrected chi connectivity index (χ1v) is 9.75. The van der Waals surface area contributed by atoms with Gasteiger partial charge in [-0.1, -0.05) is 59.2 Å². The van der Waals surface area contributed by atoms with Gasteiger partial charge >= 0.3 is 6.01 Å². The van der Waals surface area contributed by atoms with Crippen LogP contribution >= 0.6 is 11.6 Å². The minimum Gasteiger partial charge on any atom is -0.493 e. The molecule has 0 saturated heterocycles. The molecule has 152 valence electrons. The van der Waals surface area contributed by atoms with Gasteiger partial charge in [-0.15, -0.1) is 0 Å². The molecule has 0 aliphatic rings. The molecule has 0 fully saturated rings. The van der Waals surface area contributed by atoms with Crippen LogP contribution < -0.4 is 14.8 Å². The van der Waals surface area contributed by atoms with E-state index in [9.17, 15) is 0 Å². The summed E-state index contributed by atoms with van der Waals surface area (Å²) in [5.41, 5.74) is 2.91. The number of hydrogen-bond acceptors (Lipinski definition) is 6. The molecule has 4 rings (SSSR count). The van der Waals surface area contributed by atoms with Crippen LogP contribution in [-0.4, -0.2) is 27.3 Å². The van der Waals surface area contributed by atoms with Gasteiger partial charge in [0.2, 0.25) is 0 Å². The quantitative estimate of drug-likeness (QED) is 0.454. The van der Waals surface area contributed by atoms with Gasteiger partial charge in [-0.25, -0.2) is 0 Å². The van der Waals surface area contributed by atoms with E-state index >= 15 is 0 Å². The van der Waals surface area contributed by atoms with Gasteiger partial charge < -0.3 is 14.8 Å². The molecule has 3 aromatic carbocycles. The lowest BCUT2D eigenvalue weighted by molar-refractivity contribution is 0.362. The van der Waals surface area contributed by atoms with Crippen molar-refractivity contribution in [1.82, 2.24) is 25.5 Å². The first kappa shape index (κ1) is 19.9. The number of nitrogens with one attached hydrogen (secondary N) is 1. The third-order valence-corrected chi connectivity index (χ3v) is 4.84. The van der Waals surface area contributed by atoms with Crippen LogP contribution in [0.1, 0.15) is 11.1 Å². The molecule has 7 nitrogen and oxygen atoms in total. The Morgan fingerprint density at radius 3 is 2.53 bits per heavy atom. The number of halogens is 1. The molecule has 0 aliphatic carbocycles. The van der Waals surface area contributed by atoms with Crippen molar-refractivity contribution in [2.45, 2.75) is 13.1 Å². The number of hydrogen-bond donors (Lipinski definition) is 1. The summed E-state index contributed by atoms with van der Waals surface area (Å²) in [6, 6.07) is 23.3. The number of benzene rings is 3. The largest absolute Gasteiger partial charge is 0.493 e. The number of para-hydroxylation sites is 1. The highest BCUT2D eigenvalue weighted by Crippen LogP contribution is 2.32. The maximum Gasteiger partial charge on any atom is 0.346 e. The van der Waals surface area contributed by atoms with Crippen molar-refractivity contribution in [3.05, 3.63) is 88.9 Å². The molecular weight excluding hydrogens is 402 g/mol. The van der Waals surface area contributed by atoms with Crippen molar-refractivity contribution in [1.29, 1.82) is 0 Å². The lowest BCUT2D eigenvalue weighted by atomic mass is 10.2. The van der Waals surface area contributed by atoms with E-state index < -0.39 is 0 Å². The number of aromatic nitrogens is 4. The van der Waals surface area contributed by atoms with Crippen LogP contribution in [0.25, 0.3) is 5.69 Å². The minimum absolute atomic E-state index is 0.254. The van der Waals surface area contributed by atoms with Crippen molar-refractivity contribution in [3.63, 3.8) is 0 Å². The zero-order valence-corrected chi connectivity index (χ0v) is 17.1. The van der Waals surface area contributed by atoms with Gasteiger partial charge in [0, 0.05) is 18.1 Å². The summed E-state index contributed by atoms with van der Waals surface area (Å²) in [5.74, 6) is 1.12. The lowest BCUT2D eigenvalue weighted by Gasteiger charge is -2.12. The Hall–Kier alpha value is -3.42. The molecule has 1 N–H and O–H groups in total. The van der Waals surface area contributed by atoms with Gasteiger partial charge in [-0.2, -0.15) is 4.68 Å². The molecule has 0 atom stereocenters. The summed E-state index contributed by atoms with van der Waals surface area (Å²) in [6.45, 7) is 1.33. The molecule has 1 aromatic heterocycles. The molecule has 0 aliphatic heterocycles. The highest BCUT2D eigenvalue weighted by molar-refractivity contribution is 6.31. The second-order valence-corrected chi connectivity index (χ2v) is 6.90. The normalized spacial score (nSPS) is 10.7. The molecule has 0 spiro atoms. The molecule has 0 saturated carbocycles. The fourth-order valence-electron chi connectivity index (χ4n) is 2.96. The second-order valence-electron chi connectivity index (χ2n) is 6.49. The van der Waals surface area contributed by atoms with Crippen LogP contribution in [0.4, 0.5) is 0 Å². The van der Waals surface area contributed by atoms with Crippen LogP contribution in [0.3, 0.4) is 0 Å². The van der Waals surface area contributed by atoms with Gasteiger partial charge in [0.15, 0.2) is 11.5 Å². The summed E-state index contributed by atoms with van der Waals surface area (Å²) < 4.78 is 13.0. The van der Waals surface area contributed by atoms with Gasteiger partial charge in [0.1, 0.15) is 0 Å². The lowest BCUT2D eigenvalue weighted by Crippen LogP contribution is -2.13. The van der Waals surface area contributed by atoms with Crippen LogP contribution in [0.15, 0.2) is 72.8 Å². The first-order valence-electron chi connectivity index (χ1n) is 9.37. The summed E-state index contributed by atoms with van der Waals surface area (Å²) in [7, 11) is 1.60. The Bertz CT molecular complexity index is 1120. The van der Waals surface area contributed by atoms with Gasteiger partial charge in [0.25, 0.3) is 0 Å². The molecule has 0 bridgehead atoms. The van der Waals surface area contributed by atoms with Crippen molar-refractivity contribution >= 4 is 11.6 Å². The van der Waals surface area contributed by atoms with Gasteiger partial charge in [-0.3, -0.25) is 0 Å². The highest BCUT2D eigenvalue weighted by atomic mass is 35.5. The van der Waals surface area contributed by atoms with E-state index in [2.05, 4.69) is 20.8 Å². The number of nitrogens with zero attached hydrogens (tertiary/aromatic N) is 4. The minimum atomic E-state index is 0.254. The molecule has 0 amide bonds. The van der Waals surface area contributed by atoms with Crippen LogP contribution in [-0.2, 0) is 13.1 Å². The molecule has 0 unspecified atom stereocenters. The molecular formula is C22H20ClN5O2. The topological polar surface area (TPSA) is 74.1 Å². The Labute approximate surface area is 179 Å². The number of methoxy groups -OCH3 is 1. The SMILES string of the molecule is COc1cc(CNCc2ccccc2Cl)ccc1Oc1nnnn1-c1ccccc1. The van der Waals surface area contributed by atoms with Gasteiger partial charge in [-0.05, 0) is 51.9 Å². The predicted octanol–water partition coefficient (Wildman–Crippen LogP) is 4.41. The van der Waals surface area contributed by atoms with E-state index in [1.54, 1.807) is 7.11 Å². The average molecular weight is 422 g/mol.